The summed E-state index contributed by atoms with van der Waals surface area (Å²) in [5.41, 5.74) is 13.1. The number of amides is 2. The molecule has 0 fully saturated rings. The van der Waals surface area contributed by atoms with Crippen molar-refractivity contribution in [1.82, 2.24) is 0 Å². The number of anilines is 1. The van der Waals surface area contributed by atoms with E-state index in [-0.39, 0.29) is 18.4 Å². The van der Waals surface area contributed by atoms with Crippen molar-refractivity contribution in [2.45, 2.75) is 45.9 Å². The number of urea groups is 1. The van der Waals surface area contributed by atoms with Gasteiger partial charge in [0.15, 0.2) is 0 Å². The Morgan fingerprint density at radius 2 is 1.81 bits per heavy atom. The van der Waals surface area contributed by atoms with Crippen LogP contribution in [0.5, 0.6) is 0 Å². The Morgan fingerprint density at radius 3 is 2.44 bits per heavy atom. The van der Waals surface area contributed by atoms with Crippen LogP contribution in [0.1, 0.15) is 43.0 Å². The number of amidine groups is 1. The van der Waals surface area contributed by atoms with Crippen molar-refractivity contribution >= 4 is 23.5 Å². The van der Waals surface area contributed by atoms with Crippen molar-refractivity contribution in [2.75, 3.05) is 4.90 Å². The van der Waals surface area contributed by atoms with E-state index >= 15 is 0 Å². The Hall–Kier alpha value is -3.85. The molecule has 1 aliphatic heterocycles. The fourth-order valence-electron chi connectivity index (χ4n) is 3.74. The number of esters is 1. The van der Waals surface area contributed by atoms with Crippen molar-refractivity contribution in [3.05, 3.63) is 89.0 Å². The molecule has 3 rings (SSSR count). The first-order valence-corrected chi connectivity index (χ1v) is 11.6. The van der Waals surface area contributed by atoms with Gasteiger partial charge >= 0.3 is 12.0 Å². The van der Waals surface area contributed by atoms with Gasteiger partial charge in [-0.1, -0.05) is 56.3 Å². The van der Waals surface area contributed by atoms with E-state index in [0.717, 1.165) is 17.7 Å². The SMILES string of the molecule is Cc1cccc(C2C=CC/C=C\C(N(C(N)=O)c3c(F)cccc3F)=N2)c1COC(=O)C(N)C(C)C. The first-order chi connectivity index (χ1) is 17.1. The van der Waals surface area contributed by atoms with E-state index in [1.165, 1.54) is 12.1 Å². The highest BCUT2D eigenvalue weighted by Gasteiger charge is 2.27. The Kier molecular flexibility index (Phi) is 8.71. The molecule has 4 N–H and O–H groups in total. The minimum absolute atomic E-state index is 0.0340. The number of ether oxygens (including phenoxy) is 1. The number of hydrogen-bond acceptors (Lipinski definition) is 5. The predicted octanol–water partition coefficient (Wildman–Crippen LogP) is 4.84. The second-order valence-electron chi connectivity index (χ2n) is 8.76. The lowest BCUT2D eigenvalue weighted by atomic mass is 9.96. The van der Waals surface area contributed by atoms with E-state index in [1.54, 1.807) is 12.2 Å². The van der Waals surface area contributed by atoms with Gasteiger partial charge in [-0.25, -0.2) is 18.5 Å². The molecule has 1 heterocycles. The smallest absolute Gasteiger partial charge is 0.325 e. The summed E-state index contributed by atoms with van der Waals surface area (Å²) in [7, 11) is 0. The van der Waals surface area contributed by atoms with Crippen molar-refractivity contribution in [3.8, 4) is 0 Å². The molecule has 36 heavy (non-hydrogen) atoms. The molecule has 190 valence electrons. The molecule has 2 aromatic rings. The minimum Gasteiger partial charge on any atom is -0.460 e. The Balaban J connectivity index is 2.06. The standard InChI is InChI=1S/C27H30F2N4O3/c1-16(2)24(30)26(34)36-15-19-17(3)9-7-10-18(19)22-13-5-4-6-14-23(32-22)33(27(31)35)25-20(28)11-8-12-21(25)29/h5-14,16,22,24H,4,15,30H2,1-3H3,(H2,31,35)/b13-5?,14-6-,32-23?. The average Bonchev–Trinajstić information content (AvgIpc) is 2.80. The second-order valence-corrected chi connectivity index (χ2v) is 8.76. The number of nitrogens with two attached hydrogens (primary N) is 2. The highest BCUT2D eigenvalue weighted by molar-refractivity contribution is 6.20. The van der Waals surface area contributed by atoms with Crippen molar-refractivity contribution in [1.29, 1.82) is 0 Å². The molecule has 0 aliphatic carbocycles. The molecule has 0 radical (unpaired) electrons. The van der Waals surface area contributed by atoms with E-state index in [9.17, 15) is 18.4 Å². The van der Waals surface area contributed by atoms with Crippen LogP contribution in [0.4, 0.5) is 19.3 Å². The molecular formula is C27H30F2N4O3. The quantitative estimate of drug-likeness (QED) is 0.440. The number of para-hydroxylation sites is 1. The maximum absolute atomic E-state index is 14.6. The molecule has 9 heteroatoms. The van der Waals surface area contributed by atoms with Crippen molar-refractivity contribution in [2.24, 2.45) is 22.4 Å². The number of hydrogen-bond donors (Lipinski definition) is 2. The van der Waals surface area contributed by atoms with Gasteiger partial charge in [0.05, 0.1) is 6.04 Å². The zero-order chi connectivity index (χ0) is 26.4. The third-order valence-electron chi connectivity index (χ3n) is 5.85. The van der Waals surface area contributed by atoms with Crippen molar-refractivity contribution in [3.63, 3.8) is 0 Å². The first kappa shape index (κ1) is 26.7. The summed E-state index contributed by atoms with van der Waals surface area (Å²) in [5, 5.41) is 0. The van der Waals surface area contributed by atoms with Crippen LogP contribution in [-0.2, 0) is 16.1 Å². The summed E-state index contributed by atoms with van der Waals surface area (Å²) < 4.78 is 34.7. The molecule has 0 bridgehead atoms. The summed E-state index contributed by atoms with van der Waals surface area (Å²) in [6.07, 6.45) is 7.37. The van der Waals surface area contributed by atoms with Crippen LogP contribution < -0.4 is 16.4 Å². The van der Waals surface area contributed by atoms with Gasteiger partial charge in [0.1, 0.15) is 35.8 Å². The molecule has 0 saturated carbocycles. The molecule has 2 amide bonds. The molecule has 1 aliphatic rings. The summed E-state index contributed by atoms with van der Waals surface area (Å²) in [4.78, 5) is 30.1. The number of aliphatic imine (C=N–C) groups is 1. The van der Waals surface area contributed by atoms with Crippen molar-refractivity contribution < 1.29 is 23.1 Å². The Bertz CT molecular complexity index is 1200. The highest BCUT2D eigenvalue weighted by Crippen LogP contribution is 2.30. The summed E-state index contributed by atoms with van der Waals surface area (Å²) >= 11 is 0. The molecular weight excluding hydrogens is 466 g/mol. The van der Waals surface area contributed by atoms with E-state index in [0.29, 0.717) is 22.4 Å². The zero-order valence-electron chi connectivity index (χ0n) is 20.4. The Morgan fingerprint density at radius 1 is 1.14 bits per heavy atom. The Labute approximate surface area is 209 Å². The fraction of sp³-hybridized carbons (Fsp3) is 0.296. The van der Waals surface area contributed by atoms with E-state index in [1.807, 2.05) is 45.0 Å². The normalized spacial score (nSPS) is 17.1. The van der Waals surface area contributed by atoms with Gasteiger partial charge in [-0.15, -0.1) is 0 Å². The monoisotopic (exact) mass is 496 g/mol. The van der Waals surface area contributed by atoms with E-state index in [2.05, 4.69) is 4.99 Å². The van der Waals surface area contributed by atoms with Gasteiger partial charge in [-0.3, -0.25) is 9.79 Å². The van der Waals surface area contributed by atoms with Crippen LogP contribution in [0.2, 0.25) is 0 Å². The fourth-order valence-corrected chi connectivity index (χ4v) is 3.74. The van der Waals surface area contributed by atoms with Crippen LogP contribution in [0.3, 0.4) is 0 Å². The number of halogens is 2. The number of rotatable bonds is 6. The van der Waals surface area contributed by atoms with E-state index < -0.39 is 41.4 Å². The summed E-state index contributed by atoms with van der Waals surface area (Å²) in [6.45, 7) is 5.50. The lowest BCUT2D eigenvalue weighted by Crippen LogP contribution is -2.41. The molecule has 2 atom stereocenters. The maximum atomic E-state index is 14.6. The molecule has 2 aromatic carbocycles. The predicted molar refractivity (Wildman–Crippen MR) is 135 cm³/mol. The topological polar surface area (TPSA) is 111 Å². The van der Waals surface area contributed by atoms with Crippen LogP contribution >= 0.6 is 0 Å². The molecule has 0 spiro atoms. The van der Waals surface area contributed by atoms with Crippen LogP contribution in [0, 0.1) is 24.5 Å². The lowest BCUT2D eigenvalue weighted by Gasteiger charge is -2.24. The number of carbonyl (C=O) groups is 2. The second kappa shape index (κ2) is 11.7. The summed E-state index contributed by atoms with van der Waals surface area (Å²) in [5.74, 6) is -2.55. The molecule has 7 nitrogen and oxygen atoms in total. The van der Waals surface area contributed by atoms with Crippen LogP contribution in [0.15, 0.2) is 65.7 Å². The number of nitrogens with zero attached hydrogens (tertiary/aromatic N) is 2. The number of benzene rings is 2. The van der Waals surface area contributed by atoms with Gasteiger partial charge in [-0.05, 0) is 54.2 Å². The largest absolute Gasteiger partial charge is 0.460 e. The number of allylic oxidation sites excluding steroid dienone is 2. The molecule has 0 aromatic heterocycles. The molecule has 2 unspecified atom stereocenters. The highest BCUT2D eigenvalue weighted by atomic mass is 19.1. The average molecular weight is 497 g/mol. The van der Waals surface area contributed by atoms with Gasteiger partial charge in [0.2, 0.25) is 0 Å². The van der Waals surface area contributed by atoms with Gasteiger partial charge in [0, 0.05) is 0 Å². The molecule has 0 saturated heterocycles. The third-order valence-corrected chi connectivity index (χ3v) is 5.85. The minimum atomic E-state index is -1.09. The lowest BCUT2D eigenvalue weighted by molar-refractivity contribution is -0.147. The van der Waals surface area contributed by atoms with Crippen LogP contribution in [0.25, 0.3) is 0 Å². The number of aryl methyl sites for hydroxylation is 1. The maximum Gasteiger partial charge on any atom is 0.325 e. The number of carbonyl (C=O) groups excluding carboxylic acids is 2. The first-order valence-electron chi connectivity index (χ1n) is 11.6. The van der Waals surface area contributed by atoms with Gasteiger partial charge in [-0.2, -0.15) is 0 Å². The summed E-state index contributed by atoms with van der Waals surface area (Å²) in [6, 6.07) is 6.28. The van der Waals surface area contributed by atoms with Gasteiger partial charge in [0.25, 0.3) is 0 Å². The number of primary amides is 1. The third kappa shape index (κ3) is 6.04. The zero-order valence-corrected chi connectivity index (χ0v) is 20.4. The van der Waals surface area contributed by atoms with Crippen LogP contribution in [-0.4, -0.2) is 23.9 Å². The van der Waals surface area contributed by atoms with Gasteiger partial charge < -0.3 is 16.2 Å². The van der Waals surface area contributed by atoms with E-state index in [4.69, 9.17) is 16.2 Å².